The molecule has 13 heavy (non-hydrogen) atoms. The third kappa shape index (κ3) is 2.41. The van der Waals surface area contributed by atoms with Gasteiger partial charge in [-0.2, -0.15) is 0 Å². The molecule has 0 fully saturated rings. The van der Waals surface area contributed by atoms with Gasteiger partial charge in [-0.25, -0.2) is 4.39 Å². The van der Waals surface area contributed by atoms with Crippen LogP contribution in [0.15, 0.2) is 16.6 Å². The van der Waals surface area contributed by atoms with Gasteiger partial charge < -0.3 is 0 Å². The van der Waals surface area contributed by atoms with Crippen molar-refractivity contribution in [1.29, 1.82) is 0 Å². The zero-order valence-corrected chi connectivity index (χ0v) is 10.8. The van der Waals surface area contributed by atoms with Crippen LogP contribution in [0.25, 0.3) is 0 Å². The van der Waals surface area contributed by atoms with Gasteiger partial charge in [0.25, 0.3) is 0 Å². The molecule has 0 N–H and O–H groups in total. The van der Waals surface area contributed by atoms with E-state index in [9.17, 15) is 9.18 Å². The number of halogens is 4. The molecule has 1 aromatic carbocycles. The van der Waals surface area contributed by atoms with Crippen LogP contribution in [0.1, 0.15) is 10.4 Å². The highest BCUT2D eigenvalue weighted by atomic mass is 127. The molecular weight excluding hydrogens is 373 g/mol. The zero-order chi connectivity index (χ0) is 10.0. The molecule has 0 aromatic heterocycles. The Balaban J connectivity index is 3.26. The van der Waals surface area contributed by atoms with Gasteiger partial charge in [0, 0.05) is 9.13 Å². The lowest BCUT2D eigenvalue weighted by molar-refractivity contribution is 0.102. The molecule has 0 aliphatic rings. The molecule has 1 rings (SSSR count). The van der Waals surface area contributed by atoms with Crippen molar-refractivity contribution in [2.75, 3.05) is 5.88 Å². The van der Waals surface area contributed by atoms with Gasteiger partial charge in [0.15, 0.2) is 5.78 Å². The molecule has 0 unspecified atom stereocenters. The molecular formula is C8H4BrClFIO. The fraction of sp³-hybridized carbons (Fsp3) is 0.125. The van der Waals surface area contributed by atoms with E-state index in [1.807, 2.05) is 22.6 Å². The number of carbonyl (C=O) groups excluding carboxylic acids is 1. The Hall–Kier alpha value is 0.320. The Kier molecular flexibility index (Phi) is 4.12. The Morgan fingerprint density at radius 2 is 2.23 bits per heavy atom. The minimum atomic E-state index is -0.379. The molecule has 0 heterocycles. The van der Waals surface area contributed by atoms with Gasteiger partial charge in [0.05, 0.1) is 10.4 Å². The fourth-order valence-corrected chi connectivity index (χ4v) is 2.04. The van der Waals surface area contributed by atoms with E-state index in [0.717, 1.165) is 0 Å². The standard InChI is InChI=1S/C8H4BrClFIO/c9-7-5(11)2-1-4(8(7)12)6(13)3-10/h1-2H,3H2. The smallest absolute Gasteiger partial charge is 0.178 e. The normalized spacial score (nSPS) is 10.2. The average molecular weight is 377 g/mol. The van der Waals surface area contributed by atoms with Crippen LogP contribution in [0.3, 0.4) is 0 Å². The van der Waals surface area contributed by atoms with E-state index in [2.05, 4.69) is 15.9 Å². The quantitative estimate of drug-likeness (QED) is 0.333. The predicted octanol–water partition coefficient (Wildman–Crippen LogP) is 3.61. The second kappa shape index (κ2) is 4.70. The highest BCUT2D eigenvalue weighted by Crippen LogP contribution is 2.26. The average Bonchev–Trinajstić information content (AvgIpc) is 2.13. The molecule has 0 saturated carbocycles. The van der Waals surface area contributed by atoms with Crippen molar-refractivity contribution in [3.05, 3.63) is 31.6 Å². The summed E-state index contributed by atoms with van der Waals surface area (Å²) in [6.45, 7) is 0. The molecule has 1 nitrogen and oxygen atoms in total. The van der Waals surface area contributed by atoms with Gasteiger partial charge in [-0.15, -0.1) is 11.6 Å². The Morgan fingerprint density at radius 1 is 1.62 bits per heavy atom. The fourth-order valence-electron chi connectivity index (χ4n) is 0.813. The van der Waals surface area contributed by atoms with Gasteiger partial charge in [0.1, 0.15) is 5.82 Å². The summed E-state index contributed by atoms with van der Waals surface area (Å²) < 4.78 is 13.8. The van der Waals surface area contributed by atoms with Crippen molar-refractivity contribution in [3.63, 3.8) is 0 Å². The number of alkyl halides is 1. The van der Waals surface area contributed by atoms with Gasteiger partial charge in [-0.1, -0.05) is 0 Å². The molecule has 1 aromatic rings. The van der Waals surface area contributed by atoms with E-state index in [4.69, 9.17) is 11.6 Å². The number of carbonyl (C=O) groups is 1. The van der Waals surface area contributed by atoms with Crippen LogP contribution < -0.4 is 0 Å². The minimum Gasteiger partial charge on any atom is -0.293 e. The molecule has 0 spiro atoms. The molecule has 0 radical (unpaired) electrons. The maximum Gasteiger partial charge on any atom is 0.178 e. The van der Waals surface area contributed by atoms with Crippen LogP contribution in [0.2, 0.25) is 0 Å². The van der Waals surface area contributed by atoms with Crippen LogP contribution in [0, 0.1) is 9.39 Å². The van der Waals surface area contributed by atoms with E-state index >= 15 is 0 Å². The summed E-state index contributed by atoms with van der Waals surface area (Å²) in [5, 5.41) is 0. The maximum absolute atomic E-state index is 12.9. The Labute approximate surface area is 102 Å². The lowest BCUT2D eigenvalue weighted by Gasteiger charge is -2.03. The molecule has 70 valence electrons. The van der Waals surface area contributed by atoms with E-state index < -0.39 is 0 Å². The summed E-state index contributed by atoms with van der Waals surface area (Å²) in [6.07, 6.45) is 0. The number of Topliss-reactive ketones (excluding diaryl/α,β-unsaturated/α-hetero) is 1. The Morgan fingerprint density at radius 3 is 2.77 bits per heavy atom. The largest absolute Gasteiger partial charge is 0.293 e. The first-order valence-electron chi connectivity index (χ1n) is 3.30. The summed E-state index contributed by atoms with van der Waals surface area (Å²) in [7, 11) is 0. The summed E-state index contributed by atoms with van der Waals surface area (Å²) in [4.78, 5) is 11.2. The third-order valence-electron chi connectivity index (χ3n) is 1.46. The molecule has 0 atom stereocenters. The molecule has 0 bridgehead atoms. The molecule has 0 aliphatic heterocycles. The SMILES string of the molecule is O=C(CCl)c1ccc(F)c(Br)c1I. The van der Waals surface area contributed by atoms with Crippen molar-refractivity contribution >= 4 is 55.9 Å². The monoisotopic (exact) mass is 376 g/mol. The van der Waals surface area contributed by atoms with Crippen molar-refractivity contribution in [2.45, 2.75) is 0 Å². The van der Waals surface area contributed by atoms with E-state index in [1.54, 1.807) is 0 Å². The first-order chi connectivity index (χ1) is 6.07. The van der Waals surface area contributed by atoms with Gasteiger partial charge in [0.2, 0.25) is 0 Å². The minimum absolute atomic E-state index is 0.0892. The van der Waals surface area contributed by atoms with E-state index in [1.165, 1.54) is 12.1 Å². The first-order valence-corrected chi connectivity index (χ1v) is 5.71. The number of ketones is 1. The van der Waals surface area contributed by atoms with E-state index in [0.29, 0.717) is 13.6 Å². The molecule has 0 saturated heterocycles. The Bertz CT molecular complexity index is 356. The van der Waals surface area contributed by atoms with E-state index in [-0.39, 0.29) is 17.5 Å². The molecule has 0 amide bonds. The predicted molar refractivity (Wildman–Crippen MR) is 61.9 cm³/mol. The van der Waals surface area contributed by atoms with Crippen LogP contribution in [0.4, 0.5) is 4.39 Å². The van der Waals surface area contributed by atoms with Crippen LogP contribution >= 0.6 is 50.1 Å². The number of benzene rings is 1. The van der Waals surface area contributed by atoms with Gasteiger partial charge in [-0.3, -0.25) is 4.79 Å². The third-order valence-corrected chi connectivity index (χ3v) is 4.34. The van der Waals surface area contributed by atoms with Crippen molar-refractivity contribution in [2.24, 2.45) is 0 Å². The highest BCUT2D eigenvalue weighted by molar-refractivity contribution is 14.1. The second-order valence-corrected chi connectivity index (χ2v) is 4.42. The van der Waals surface area contributed by atoms with Gasteiger partial charge >= 0.3 is 0 Å². The van der Waals surface area contributed by atoms with Crippen LogP contribution in [0.5, 0.6) is 0 Å². The summed E-state index contributed by atoms with van der Waals surface area (Å²) in [5.41, 5.74) is 0.448. The van der Waals surface area contributed by atoms with Crippen molar-refractivity contribution in [1.82, 2.24) is 0 Å². The molecule has 0 aliphatic carbocycles. The molecule has 5 heteroatoms. The number of hydrogen-bond donors (Lipinski definition) is 0. The zero-order valence-electron chi connectivity index (χ0n) is 6.28. The van der Waals surface area contributed by atoms with Crippen LogP contribution in [-0.4, -0.2) is 11.7 Å². The first kappa shape index (κ1) is 11.4. The summed E-state index contributed by atoms with van der Waals surface area (Å²) in [6, 6.07) is 2.68. The van der Waals surface area contributed by atoms with Crippen molar-refractivity contribution < 1.29 is 9.18 Å². The second-order valence-electron chi connectivity index (χ2n) is 2.28. The lowest BCUT2D eigenvalue weighted by atomic mass is 10.1. The van der Waals surface area contributed by atoms with Crippen molar-refractivity contribution in [3.8, 4) is 0 Å². The number of rotatable bonds is 2. The van der Waals surface area contributed by atoms with Gasteiger partial charge in [-0.05, 0) is 50.7 Å². The maximum atomic E-state index is 12.9. The lowest BCUT2D eigenvalue weighted by Crippen LogP contribution is -2.04. The number of hydrogen-bond acceptors (Lipinski definition) is 1. The topological polar surface area (TPSA) is 17.1 Å². The summed E-state index contributed by atoms with van der Waals surface area (Å²) >= 11 is 10.3. The highest BCUT2D eigenvalue weighted by Gasteiger charge is 2.13. The summed E-state index contributed by atoms with van der Waals surface area (Å²) in [5.74, 6) is -0.670. The van der Waals surface area contributed by atoms with Crippen LogP contribution in [-0.2, 0) is 0 Å².